The second kappa shape index (κ2) is 8.36. The van der Waals surface area contributed by atoms with Gasteiger partial charge in [0.05, 0.1) is 17.1 Å². The molecule has 2 aromatic carbocycles. The summed E-state index contributed by atoms with van der Waals surface area (Å²) in [5, 5.41) is 2.97. The smallest absolute Gasteiger partial charge is 0.232 e. The quantitative estimate of drug-likeness (QED) is 0.521. The normalized spacial score (nSPS) is 13.5. The minimum absolute atomic E-state index is 0.0580. The van der Waals surface area contributed by atoms with E-state index in [2.05, 4.69) is 21.6 Å². The molecular formula is C23H22F2N4O3S. The van der Waals surface area contributed by atoms with Crippen molar-refractivity contribution in [1.29, 1.82) is 0 Å². The number of nitrogens with zero attached hydrogens (tertiary/aromatic N) is 2. The van der Waals surface area contributed by atoms with Gasteiger partial charge in [-0.1, -0.05) is 6.58 Å². The SMILES string of the molecule is C=C1c2nc(C)oc2C(c2cc(NS(=O)(=O)CC)ccc2Nc2ccc(F)cc2F)=CN1C. The summed E-state index contributed by atoms with van der Waals surface area (Å²) >= 11 is 0. The van der Waals surface area contributed by atoms with Crippen molar-refractivity contribution in [2.45, 2.75) is 13.8 Å². The van der Waals surface area contributed by atoms with Crippen molar-refractivity contribution in [3.8, 4) is 0 Å². The summed E-state index contributed by atoms with van der Waals surface area (Å²) < 4.78 is 60.4. The van der Waals surface area contributed by atoms with Gasteiger partial charge in [-0.3, -0.25) is 4.72 Å². The van der Waals surface area contributed by atoms with Gasteiger partial charge in [0, 0.05) is 48.7 Å². The van der Waals surface area contributed by atoms with Gasteiger partial charge >= 0.3 is 0 Å². The molecule has 1 aliphatic rings. The Kier molecular flexibility index (Phi) is 5.71. The molecule has 0 amide bonds. The van der Waals surface area contributed by atoms with Crippen molar-refractivity contribution in [3.63, 3.8) is 0 Å². The highest BCUT2D eigenvalue weighted by Crippen LogP contribution is 2.40. The lowest BCUT2D eigenvalue weighted by molar-refractivity contribution is 0.506. The van der Waals surface area contributed by atoms with Crippen LogP contribution in [-0.4, -0.2) is 31.1 Å². The Labute approximate surface area is 190 Å². The van der Waals surface area contributed by atoms with Crippen molar-refractivity contribution in [1.82, 2.24) is 9.88 Å². The van der Waals surface area contributed by atoms with E-state index in [0.29, 0.717) is 45.6 Å². The monoisotopic (exact) mass is 472 g/mol. The van der Waals surface area contributed by atoms with Crippen molar-refractivity contribution in [2.24, 2.45) is 0 Å². The number of oxazole rings is 1. The van der Waals surface area contributed by atoms with Crippen LogP contribution in [0.5, 0.6) is 0 Å². The molecular weight excluding hydrogens is 450 g/mol. The minimum Gasteiger partial charge on any atom is -0.440 e. The lowest BCUT2D eigenvalue weighted by atomic mass is 9.97. The minimum atomic E-state index is -3.53. The molecule has 7 nitrogen and oxygen atoms in total. The number of anilines is 3. The number of benzene rings is 2. The maximum atomic E-state index is 14.4. The topological polar surface area (TPSA) is 87.5 Å². The summed E-state index contributed by atoms with van der Waals surface area (Å²) in [6, 6.07) is 7.99. The molecule has 2 N–H and O–H groups in total. The van der Waals surface area contributed by atoms with Crippen LogP contribution in [-0.2, 0) is 10.0 Å². The van der Waals surface area contributed by atoms with Gasteiger partial charge in [0.1, 0.15) is 17.3 Å². The van der Waals surface area contributed by atoms with Crippen LogP contribution in [0.2, 0.25) is 0 Å². The van der Waals surface area contributed by atoms with Crippen LogP contribution in [0.3, 0.4) is 0 Å². The van der Waals surface area contributed by atoms with Crippen molar-refractivity contribution < 1.29 is 21.6 Å². The summed E-state index contributed by atoms with van der Waals surface area (Å²) in [4.78, 5) is 6.18. The fraction of sp³-hybridized carbons (Fsp3) is 0.174. The van der Waals surface area contributed by atoms with Crippen molar-refractivity contribution in [2.75, 3.05) is 22.8 Å². The Hall–Kier alpha value is -3.66. The number of aryl methyl sites for hydroxylation is 1. The molecule has 2 heterocycles. The van der Waals surface area contributed by atoms with Crippen LogP contribution in [0, 0.1) is 18.6 Å². The number of fused-ring (bicyclic) bond motifs is 1. The molecule has 0 bridgehead atoms. The molecule has 0 saturated carbocycles. The van der Waals surface area contributed by atoms with Gasteiger partial charge < -0.3 is 14.6 Å². The van der Waals surface area contributed by atoms with Gasteiger partial charge in [-0.05, 0) is 37.3 Å². The predicted octanol–water partition coefficient (Wildman–Crippen LogP) is 5.07. The fourth-order valence-corrected chi connectivity index (χ4v) is 4.05. The van der Waals surface area contributed by atoms with Crippen LogP contribution in [0.25, 0.3) is 11.3 Å². The highest BCUT2D eigenvalue weighted by atomic mass is 32.2. The van der Waals surface area contributed by atoms with Crippen LogP contribution in [0.1, 0.15) is 29.8 Å². The molecule has 4 rings (SSSR count). The summed E-state index contributed by atoms with van der Waals surface area (Å²) in [6.45, 7) is 7.27. The number of nitrogens with one attached hydrogen (secondary N) is 2. The molecule has 3 aromatic rings. The van der Waals surface area contributed by atoms with Gasteiger partial charge in [0.25, 0.3) is 0 Å². The van der Waals surface area contributed by atoms with Crippen LogP contribution < -0.4 is 10.0 Å². The average molecular weight is 473 g/mol. The van der Waals surface area contributed by atoms with E-state index in [4.69, 9.17) is 4.42 Å². The first-order chi connectivity index (χ1) is 15.6. The number of sulfonamides is 1. The van der Waals surface area contributed by atoms with E-state index in [-0.39, 0.29) is 11.4 Å². The highest BCUT2D eigenvalue weighted by molar-refractivity contribution is 7.92. The summed E-state index contributed by atoms with van der Waals surface area (Å²) in [6.07, 6.45) is 1.77. The van der Waals surface area contributed by atoms with Crippen LogP contribution in [0.4, 0.5) is 25.8 Å². The maximum absolute atomic E-state index is 14.4. The maximum Gasteiger partial charge on any atom is 0.232 e. The van der Waals surface area contributed by atoms with E-state index in [0.717, 1.165) is 12.1 Å². The molecule has 1 aliphatic heterocycles. The van der Waals surface area contributed by atoms with Gasteiger partial charge in [-0.25, -0.2) is 22.2 Å². The first-order valence-corrected chi connectivity index (χ1v) is 11.7. The zero-order valence-corrected chi connectivity index (χ0v) is 19.1. The Morgan fingerprint density at radius 3 is 2.58 bits per heavy atom. The highest BCUT2D eigenvalue weighted by Gasteiger charge is 2.28. The Morgan fingerprint density at radius 1 is 1.15 bits per heavy atom. The second-order valence-electron chi connectivity index (χ2n) is 7.53. The van der Waals surface area contributed by atoms with Gasteiger partial charge in [-0.2, -0.15) is 0 Å². The molecule has 0 spiro atoms. The number of aromatic nitrogens is 1. The van der Waals surface area contributed by atoms with Crippen LogP contribution >= 0.6 is 0 Å². The van der Waals surface area contributed by atoms with E-state index >= 15 is 0 Å². The van der Waals surface area contributed by atoms with Crippen LogP contribution in [0.15, 0.2) is 53.6 Å². The molecule has 0 aliphatic carbocycles. The zero-order valence-electron chi connectivity index (χ0n) is 18.2. The van der Waals surface area contributed by atoms with E-state index in [1.54, 1.807) is 43.3 Å². The predicted molar refractivity (Wildman–Crippen MR) is 124 cm³/mol. The molecule has 10 heteroatoms. The van der Waals surface area contributed by atoms with Crippen molar-refractivity contribution >= 4 is 38.4 Å². The van der Waals surface area contributed by atoms with E-state index in [1.807, 2.05) is 0 Å². The molecule has 0 unspecified atom stereocenters. The third kappa shape index (κ3) is 4.47. The average Bonchev–Trinajstić information content (AvgIpc) is 3.15. The largest absolute Gasteiger partial charge is 0.440 e. The Morgan fingerprint density at radius 2 is 1.88 bits per heavy atom. The summed E-state index contributed by atoms with van der Waals surface area (Å²) in [5.74, 6) is -0.673. The lowest BCUT2D eigenvalue weighted by Crippen LogP contribution is -2.17. The third-order valence-electron chi connectivity index (χ3n) is 5.16. The first-order valence-electron chi connectivity index (χ1n) is 10.1. The number of halogens is 2. The standard InChI is InChI=1S/C23H22F2N4O3S/c1-5-33(30,31)28-16-7-9-20(27-21-8-6-15(24)10-19(21)25)17(11-16)18-12-29(4)13(2)22-23(18)32-14(3)26-22/h6-12,27-28H,2,5H2,1,3-4H3. The van der Waals surface area contributed by atoms with Crippen molar-refractivity contribution in [3.05, 3.63) is 83.7 Å². The molecule has 172 valence electrons. The molecule has 0 fully saturated rings. The van der Waals surface area contributed by atoms with Gasteiger partial charge in [0.15, 0.2) is 11.7 Å². The zero-order chi connectivity index (χ0) is 23.9. The van der Waals surface area contributed by atoms with E-state index in [1.165, 1.54) is 13.0 Å². The first kappa shape index (κ1) is 22.5. The van der Waals surface area contributed by atoms with Gasteiger partial charge in [0.2, 0.25) is 10.0 Å². The Balaban J connectivity index is 1.88. The molecule has 33 heavy (non-hydrogen) atoms. The van der Waals surface area contributed by atoms with Gasteiger partial charge in [-0.15, -0.1) is 0 Å². The molecule has 1 aromatic heterocycles. The summed E-state index contributed by atoms with van der Waals surface area (Å²) in [5.41, 5.74) is 3.12. The number of rotatable bonds is 6. The number of hydrogen-bond acceptors (Lipinski definition) is 6. The summed E-state index contributed by atoms with van der Waals surface area (Å²) in [7, 11) is -1.73. The number of hydrogen-bond donors (Lipinski definition) is 2. The Bertz CT molecular complexity index is 1400. The van der Waals surface area contributed by atoms with E-state index in [9.17, 15) is 17.2 Å². The molecule has 0 saturated heterocycles. The third-order valence-corrected chi connectivity index (χ3v) is 6.47. The van der Waals surface area contributed by atoms with E-state index < -0.39 is 21.7 Å². The molecule has 0 radical (unpaired) electrons. The second-order valence-corrected chi connectivity index (χ2v) is 9.54. The fourth-order valence-electron chi connectivity index (χ4n) is 3.42. The molecule has 0 atom stereocenters. The lowest BCUT2D eigenvalue weighted by Gasteiger charge is -2.25.